The van der Waals surface area contributed by atoms with E-state index in [0.717, 1.165) is 26.2 Å². The van der Waals surface area contributed by atoms with Crippen LogP contribution in [-0.4, -0.2) is 32.6 Å². The quantitative estimate of drug-likeness (QED) is 0.290. The zero-order chi connectivity index (χ0) is 17.1. The molecule has 0 heterocycles. The van der Waals surface area contributed by atoms with Crippen molar-refractivity contribution in [2.24, 2.45) is 0 Å². The molecule has 1 unspecified atom stereocenters. The molecule has 0 saturated carbocycles. The lowest BCUT2D eigenvalue weighted by atomic mass is 10.1. The largest absolute Gasteiger partial charge is 0.287 e. The highest BCUT2D eigenvalue weighted by Crippen LogP contribution is 2.13. The molecule has 1 N–H and O–H groups in total. The smallest absolute Gasteiger partial charge is 0.284 e. The third-order valence-electron chi connectivity index (χ3n) is 3.57. The monoisotopic (exact) mass is 358 g/mol. The number of hydrogen-bond acceptors (Lipinski definition) is 5. The summed E-state index contributed by atoms with van der Waals surface area (Å²) in [6.45, 7) is 3.04. The van der Waals surface area contributed by atoms with Crippen LogP contribution in [0.5, 0.6) is 0 Å². The lowest BCUT2D eigenvalue weighted by Crippen LogP contribution is -2.28. The Morgan fingerprint density at radius 3 is 1.64 bits per heavy atom. The van der Waals surface area contributed by atoms with E-state index in [1.807, 2.05) is 0 Å². The molecule has 0 aromatic carbocycles. The minimum atomic E-state index is -4.64. The number of rotatable bonds is 14. The van der Waals surface area contributed by atoms with E-state index < -0.39 is 24.8 Å². The maximum atomic E-state index is 11.5. The van der Waals surface area contributed by atoms with Crippen LogP contribution in [0.4, 0.5) is 0 Å². The van der Waals surface area contributed by atoms with E-state index >= 15 is 0 Å². The molecule has 0 radical (unpaired) electrons. The van der Waals surface area contributed by atoms with Gasteiger partial charge in [-0.3, -0.25) is 8.74 Å². The molecule has 0 aromatic rings. The van der Waals surface area contributed by atoms with Gasteiger partial charge in [-0.2, -0.15) is 16.8 Å². The van der Waals surface area contributed by atoms with Crippen LogP contribution in [0.15, 0.2) is 0 Å². The SMILES string of the molecule is CCCCCCCCCCCCOS(=O)(=O)C(C)S(=O)(=O)O. The van der Waals surface area contributed by atoms with Crippen LogP contribution in [0, 0.1) is 0 Å². The Kier molecular flexibility index (Phi) is 11.3. The average molecular weight is 359 g/mol. The number of unbranched alkanes of at least 4 members (excludes halogenated alkanes) is 9. The normalized spacial score (nSPS) is 14.1. The van der Waals surface area contributed by atoms with E-state index in [4.69, 9.17) is 4.55 Å². The van der Waals surface area contributed by atoms with Crippen LogP contribution < -0.4 is 0 Å². The van der Waals surface area contributed by atoms with Crippen molar-refractivity contribution < 1.29 is 25.6 Å². The van der Waals surface area contributed by atoms with Crippen molar-refractivity contribution in [3.8, 4) is 0 Å². The minimum absolute atomic E-state index is 0.0430. The Bertz CT molecular complexity index is 470. The van der Waals surface area contributed by atoms with Crippen molar-refractivity contribution in [2.75, 3.05) is 6.61 Å². The summed E-state index contributed by atoms with van der Waals surface area (Å²) < 4.78 is 55.9. The van der Waals surface area contributed by atoms with E-state index in [1.54, 1.807) is 0 Å². The third-order valence-corrected chi connectivity index (χ3v) is 7.16. The molecule has 0 aliphatic heterocycles. The van der Waals surface area contributed by atoms with Gasteiger partial charge in [0.1, 0.15) is 0 Å². The second-order valence-electron chi connectivity index (χ2n) is 5.58. The van der Waals surface area contributed by atoms with Crippen LogP contribution in [0.25, 0.3) is 0 Å². The van der Waals surface area contributed by atoms with Crippen LogP contribution in [0.2, 0.25) is 0 Å². The first kappa shape index (κ1) is 21.8. The molecular formula is C14H30O6S2. The summed E-state index contributed by atoms with van der Waals surface area (Å²) in [6.07, 6.45) is 11.1. The Labute approximate surface area is 135 Å². The van der Waals surface area contributed by atoms with Crippen LogP contribution in [-0.2, 0) is 24.4 Å². The van der Waals surface area contributed by atoms with Gasteiger partial charge in [0.05, 0.1) is 6.61 Å². The molecule has 6 nitrogen and oxygen atoms in total. The lowest BCUT2D eigenvalue weighted by Gasteiger charge is -2.10. The summed E-state index contributed by atoms with van der Waals surface area (Å²) in [5.74, 6) is 0. The maximum absolute atomic E-state index is 11.5. The Morgan fingerprint density at radius 2 is 1.23 bits per heavy atom. The summed E-state index contributed by atoms with van der Waals surface area (Å²) in [7, 11) is -8.90. The highest BCUT2D eigenvalue weighted by atomic mass is 32.3. The lowest BCUT2D eigenvalue weighted by molar-refractivity contribution is 0.304. The molecule has 0 fully saturated rings. The summed E-state index contributed by atoms with van der Waals surface area (Å²) in [4.78, 5) is 0. The molecule has 0 bridgehead atoms. The standard InChI is InChI=1S/C14H30O6S2/c1-3-4-5-6-7-8-9-10-11-12-13-20-22(18,19)14(2)21(15,16)17/h14H,3-13H2,1-2H3,(H,15,16,17). The van der Waals surface area contributed by atoms with Gasteiger partial charge in [0.25, 0.3) is 20.2 Å². The van der Waals surface area contributed by atoms with E-state index in [-0.39, 0.29) is 6.61 Å². The summed E-state index contributed by atoms with van der Waals surface area (Å²) in [6, 6.07) is 0. The van der Waals surface area contributed by atoms with Gasteiger partial charge < -0.3 is 0 Å². The van der Waals surface area contributed by atoms with Crippen molar-refractivity contribution in [2.45, 2.75) is 82.6 Å². The summed E-state index contributed by atoms with van der Waals surface area (Å²) >= 11 is 0. The van der Waals surface area contributed by atoms with Gasteiger partial charge in [0.15, 0.2) is 0 Å². The molecule has 0 saturated heterocycles. The molecule has 22 heavy (non-hydrogen) atoms. The van der Waals surface area contributed by atoms with E-state index in [2.05, 4.69) is 11.1 Å². The van der Waals surface area contributed by atoms with E-state index in [9.17, 15) is 16.8 Å². The van der Waals surface area contributed by atoms with E-state index in [1.165, 1.54) is 38.5 Å². The average Bonchev–Trinajstić information content (AvgIpc) is 2.43. The van der Waals surface area contributed by atoms with Crippen LogP contribution >= 0.6 is 0 Å². The Balaban J connectivity index is 3.62. The third kappa shape index (κ3) is 10.5. The zero-order valence-electron chi connectivity index (χ0n) is 13.7. The van der Waals surface area contributed by atoms with Crippen molar-refractivity contribution in [1.29, 1.82) is 0 Å². The predicted octanol–water partition coefficient (Wildman–Crippen LogP) is 3.49. The molecule has 0 spiro atoms. The number of hydrogen-bond donors (Lipinski definition) is 1. The van der Waals surface area contributed by atoms with Gasteiger partial charge in [-0.15, -0.1) is 0 Å². The molecular weight excluding hydrogens is 328 g/mol. The topological polar surface area (TPSA) is 97.7 Å². The molecule has 0 aliphatic carbocycles. The van der Waals surface area contributed by atoms with Crippen LogP contribution in [0.3, 0.4) is 0 Å². The fraction of sp³-hybridized carbons (Fsp3) is 1.00. The Morgan fingerprint density at radius 1 is 0.818 bits per heavy atom. The molecule has 0 rings (SSSR count). The second kappa shape index (κ2) is 11.4. The van der Waals surface area contributed by atoms with Gasteiger partial charge in [-0.1, -0.05) is 64.7 Å². The first-order valence-electron chi connectivity index (χ1n) is 8.06. The van der Waals surface area contributed by atoms with Crippen molar-refractivity contribution in [1.82, 2.24) is 0 Å². The molecule has 0 aromatic heterocycles. The Hall–Kier alpha value is -0.180. The van der Waals surface area contributed by atoms with E-state index in [0.29, 0.717) is 6.42 Å². The fourth-order valence-corrected chi connectivity index (χ4v) is 3.91. The highest BCUT2D eigenvalue weighted by molar-refractivity contribution is 8.04. The first-order chi connectivity index (χ1) is 10.2. The molecule has 8 heteroatoms. The van der Waals surface area contributed by atoms with Gasteiger partial charge in [-0.05, 0) is 13.3 Å². The van der Waals surface area contributed by atoms with Crippen LogP contribution in [0.1, 0.15) is 78.1 Å². The zero-order valence-corrected chi connectivity index (χ0v) is 15.3. The van der Waals surface area contributed by atoms with Gasteiger partial charge in [-0.25, -0.2) is 0 Å². The van der Waals surface area contributed by atoms with Gasteiger partial charge in [0, 0.05) is 0 Å². The highest BCUT2D eigenvalue weighted by Gasteiger charge is 2.32. The first-order valence-corrected chi connectivity index (χ1v) is 11.0. The van der Waals surface area contributed by atoms with Crippen molar-refractivity contribution in [3.05, 3.63) is 0 Å². The fourth-order valence-electron chi connectivity index (χ4n) is 2.01. The van der Waals surface area contributed by atoms with Gasteiger partial charge in [0.2, 0.25) is 4.58 Å². The molecule has 0 amide bonds. The summed E-state index contributed by atoms with van der Waals surface area (Å²) in [5.41, 5.74) is 0. The van der Waals surface area contributed by atoms with Crippen molar-refractivity contribution in [3.63, 3.8) is 0 Å². The summed E-state index contributed by atoms with van der Waals surface area (Å²) in [5, 5.41) is 0. The minimum Gasteiger partial charge on any atom is -0.284 e. The van der Waals surface area contributed by atoms with Crippen molar-refractivity contribution >= 4 is 20.2 Å². The maximum Gasteiger partial charge on any atom is 0.287 e. The predicted molar refractivity (Wildman–Crippen MR) is 87.7 cm³/mol. The molecule has 0 aliphatic rings. The molecule has 134 valence electrons. The van der Waals surface area contributed by atoms with Gasteiger partial charge >= 0.3 is 0 Å². The molecule has 1 atom stereocenters. The second-order valence-corrected chi connectivity index (χ2v) is 9.54.